The van der Waals surface area contributed by atoms with Gasteiger partial charge in [-0.05, 0) is 57.4 Å². The topological polar surface area (TPSA) is 85.3 Å². The Morgan fingerprint density at radius 1 is 1.14 bits per heavy atom. The van der Waals surface area contributed by atoms with Gasteiger partial charge in [0.25, 0.3) is 0 Å². The maximum Gasteiger partial charge on any atom is 0.179 e. The number of ether oxygens (including phenoxy) is 1. The lowest BCUT2D eigenvalue weighted by Gasteiger charge is -2.44. The molecule has 37 heavy (non-hydrogen) atoms. The molecule has 10 heteroatoms. The molecule has 1 atom stereocenters. The number of aryl methyl sites for hydroxylation is 1. The van der Waals surface area contributed by atoms with Crippen molar-refractivity contribution in [1.82, 2.24) is 15.0 Å². The molecule has 0 bridgehead atoms. The summed E-state index contributed by atoms with van der Waals surface area (Å²) in [5, 5.41) is 0. The minimum atomic E-state index is -3.06. The number of anilines is 1. The maximum absolute atomic E-state index is 15.3. The quantitative estimate of drug-likeness (QED) is 0.415. The number of benzene rings is 1. The third kappa shape index (κ3) is 6.41. The zero-order valence-corrected chi connectivity index (χ0v) is 22.6. The van der Waals surface area contributed by atoms with Gasteiger partial charge in [0.1, 0.15) is 27.0 Å². The van der Waals surface area contributed by atoms with Crippen molar-refractivity contribution in [1.29, 1.82) is 0 Å². The van der Waals surface area contributed by atoms with E-state index in [1.807, 2.05) is 19.9 Å². The summed E-state index contributed by atoms with van der Waals surface area (Å²) in [6, 6.07) is 6.69. The SMILES string of the molecule is CCC(C)N1CC(C)(C)Oc2c(F)cc(-c3nc(Cc4ccc(CCS(C)(=O)=O)cn4)ncc3F)cc21. The van der Waals surface area contributed by atoms with Crippen molar-refractivity contribution in [2.45, 2.75) is 58.6 Å². The standard InChI is InChI=1S/C27H32F2N4O3S/c1-6-17(2)33-16-27(3,4)36-26-21(28)11-19(12-23(26)33)25-22(29)15-31-24(32-25)13-20-8-7-18(14-30-20)9-10-37(5,34)35/h7-8,11-12,14-15,17H,6,9-10,13,16H2,1-5H3. The second-order valence-corrected chi connectivity index (χ2v) is 12.5. The van der Waals surface area contributed by atoms with Gasteiger partial charge in [0.2, 0.25) is 0 Å². The van der Waals surface area contributed by atoms with E-state index in [2.05, 4.69) is 33.7 Å². The van der Waals surface area contributed by atoms with E-state index in [0.29, 0.717) is 35.7 Å². The van der Waals surface area contributed by atoms with E-state index in [-0.39, 0.29) is 29.7 Å². The third-order valence-corrected chi connectivity index (χ3v) is 7.39. The lowest BCUT2D eigenvalue weighted by molar-refractivity contribution is 0.0960. The molecule has 0 radical (unpaired) electrons. The smallest absolute Gasteiger partial charge is 0.179 e. The monoisotopic (exact) mass is 530 g/mol. The Labute approximate surface area is 216 Å². The Kier molecular flexibility index (Phi) is 7.50. The van der Waals surface area contributed by atoms with Crippen LogP contribution >= 0.6 is 0 Å². The van der Waals surface area contributed by atoms with E-state index in [1.54, 1.807) is 18.3 Å². The highest BCUT2D eigenvalue weighted by molar-refractivity contribution is 7.90. The van der Waals surface area contributed by atoms with Gasteiger partial charge < -0.3 is 9.64 Å². The van der Waals surface area contributed by atoms with Crippen LogP contribution in [0, 0.1) is 11.6 Å². The molecule has 0 saturated carbocycles. The van der Waals surface area contributed by atoms with Crippen molar-refractivity contribution in [2.24, 2.45) is 0 Å². The number of nitrogens with zero attached hydrogens (tertiary/aromatic N) is 4. The predicted molar refractivity (Wildman–Crippen MR) is 140 cm³/mol. The number of halogens is 2. The molecule has 198 valence electrons. The van der Waals surface area contributed by atoms with E-state index >= 15 is 4.39 Å². The molecule has 0 fully saturated rings. The molecule has 2 aromatic heterocycles. The lowest BCUT2D eigenvalue weighted by Crippen LogP contribution is -2.50. The zero-order valence-electron chi connectivity index (χ0n) is 21.8. The van der Waals surface area contributed by atoms with Crippen molar-refractivity contribution in [2.75, 3.05) is 23.5 Å². The van der Waals surface area contributed by atoms with Crippen LogP contribution in [0.1, 0.15) is 51.2 Å². The molecule has 0 amide bonds. The third-order valence-electron chi connectivity index (χ3n) is 6.44. The van der Waals surface area contributed by atoms with Gasteiger partial charge in [0, 0.05) is 29.8 Å². The van der Waals surface area contributed by atoms with Crippen LogP contribution in [0.15, 0.2) is 36.7 Å². The molecule has 3 aromatic rings. The summed E-state index contributed by atoms with van der Waals surface area (Å²) in [4.78, 5) is 15.0. The first-order valence-electron chi connectivity index (χ1n) is 12.3. The van der Waals surface area contributed by atoms with Crippen LogP contribution in [0.5, 0.6) is 5.75 Å². The summed E-state index contributed by atoms with van der Waals surface area (Å²) >= 11 is 0. The fourth-order valence-electron chi connectivity index (χ4n) is 4.31. The van der Waals surface area contributed by atoms with Crippen LogP contribution in [0.3, 0.4) is 0 Å². The second kappa shape index (κ2) is 10.3. The predicted octanol–water partition coefficient (Wildman–Crippen LogP) is 4.77. The second-order valence-electron chi connectivity index (χ2n) is 10.3. The number of hydrogen-bond donors (Lipinski definition) is 0. The van der Waals surface area contributed by atoms with Crippen molar-refractivity contribution in [3.8, 4) is 17.0 Å². The molecule has 0 N–H and O–H groups in total. The van der Waals surface area contributed by atoms with Crippen LogP contribution in [-0.4, -0.2) is 53.6 Å². The fraction of sp³-hybridized carbons (Fsp3) is 0.444. The molecule has 1 aliphatic heterocycles. The normalized spacial score (nSPS) is 15.7. The lowest BCUT2D eigenvalue weighted by atomic mass is 10.00. The molecule has 7 nitrogen and oxygen atoms in total. The van der Waals surface area contributed by atoms with Crippen molar-refractivity contribution < 1.29 is 21.9 Å². The summed E-state index contributed by atoms with van der Waals surface area (Å²) in [6.45, 7) is 8.54. The van der Waals surface area contributed by atoms with Crippen molar-refractivity contribution in [3.63, 3.8) is 0 Å². The first kappa shape index (κ1) is 26.9. The number of rotatable bonds is 8. The molecule has 0 saturated heterocycles. The molecule has 4 rings (SSSR count). The van der Waals surface area contributed by atoms with E-state index in [4.69, 9.17) is 4.74 Å². The van der Waals surface area contributed by atoms with Crippen LogP contribution in [0.4, 0.5) is 14.5 Å². The van der Waals surface area contributed by atoms with E-state index in [1.165, 1.54) is 12.3 Å². The molecule has 1 unspecified atom stereocenters. The summed E-state index contributed by atoms with van der Waals surface area (Å²) in [7, 11) is -3.06. The number of hydrogen-bond acceptors (Lipinski definition) is 7. The van der Waals surface area contributed by atoms with Crippen LogP contribution < -0.4 is 9.64 Å². The van der Waals surface area contributed by atoms with E-state index in [9.17, 15) is 12.8 Å². The molecular weight excluding hydrogens is 498 g/mol. The Morgan fingerprint density at radius 3 is 2.54 bits per heavy atom. The Morgan fingerprint density at radius 2 is 1.89 bits per heavy atom. The first-order valence-corrected chi connectivity index (χ1v) is 14.3. The number of fused-ring (bicyclic) bond motifs is 1. The minimum Gasteiger partial charge on any atom is -0.481 e. The van der Waals surface area contributed by atoms with Gasteiger partial charge >= 0.3 is 0 Å². The summed E-state index contributed by atoms with van der Waals surface area (Å²) < 4.78 is 58.9. The van der Waals surface area contributed by atoms with Gasteiger partial charge in [-0.3, -0.25) is 4.98 Å². The fourth-order valence-corrected chi connectivity index (χ4v) is 4.92. The minimum absolute atomic E-state index is 0.00501. The van der Waals surface area contributed by atoms with Gasteiger partial charge in [0.05, 0.1) is 30.6 Å². The first-order chi connectivity index (χ1) is 17.3. The molecule has 0 aliphatic carbocycles. The zero-order chi connectivity index (χ0) is 27.0. The summed E-state index contributed by atoms with van der Waals surface area (Å²) in [5.74, 6) is -0.677. The van der Waals surface area contributed by atoms with Crippen LogP contribution in [-0.2, 0) is 22.7 Å². The van der Waals surface area contributed by atoms with Crippen LogP contribution in [0.25, 0.3) is 11.3 Å². The van der Waals surface area contributed by atoms with Gasteiger partial charge in [-0.2, -0.15) is 0 Å². The van der Waals surface area contributed by atoms with Gasteiger partial charge in [-0.25, -0.2) is 27.2 Å². The number of sulfone groups is 1. The van der Waals surface area contributed by atoms with Crippen molar-refractivity contribution in [3.05, 3.63) is 65.4 Å². The van der Waals surface area contributed by atoms with Gasteiger partial charge in [-0.15, -0.1) is 0 Å². The molecule has 0 spiro atoms. The highest BCUT2D eigenvalue weighted by atomic mass is 32.2. The van der Waals surface area contributed by atoms with Crippen molar-refractivity contribution >= 4 is 15.5 Å². The Hall–Kier alpha value is -3.14. The molecule has 1 aromatic carbocycles. The van der Waals surface area contributed by atoms with Gasteiger partial charge in [-0.1, -0.05) is 13.0 Å². The van der Waals surface area contributed by atoms with Crippen LogP contribution in [0.2, 0.25) is 0 Å². The summed E-state index contributed by atoms with van der Waals surface area (Å²) in [6.07, 6.45) is 5.37. The highest BCUT2D eigenvalue weighted by Gasteiger charge is 2.36. The Bertz CT molecular complexity index is 1400. The number of aromatic nitrogens is 3. The number of pyridine rings is 1. The molecular formula is C27H32F2N4O3S. The molecule has 1 aliphatic rings. The largest absolute Gasteiger partial charge is 0.481 e. The summed E-state index contributed by atoms with van der Waals surface area (Å²) in [5.41, 5.74) is 1.77. The molecule has 3 heterocycles. The average Bonchev–Trinajstić information content (AvgIpc) is 2.83. The highest BCUT2D eigenvalue weighted by Crippen LogP contribution is 2.43. The maximum atomic E-state index is 15.3. The Balaban J connectivity index is 1.63. The van der Waals surface area contributed by atoms with E-state index < -0.39 is 27.1 Å². The van der Waals surface area contributed by atoms with E-state index in [0.717, 1.165) is 18.2 Å². The van der Waals surface area contributed by atoms with Gasteiger partial charge in [0.15, 0.2) is 17.4 Å². The average molecular weight is 531 g/mol.